The summed E-state index contributed by atoms with van der Waals surface area (Å²) in [6, 6.07) is 7.97. The summed E-state index contributed by atoms with van der Waals surface area (Å²) in [7, 11) is 5.68. The monoisotopic (exact) mass is 370 g/mol. The van der Waals surface area contributed by atoms with E-state index in [0.29, 0.717) is 13.1 Å². The Balaban J connectivity index is 2.06. The van der Waals surface area contributed by atoms with E-state index in [2.05, 4.69) is 27.0 Å². The molecule has 0 bridgehead atoms. The van der Waals surface area contributed by atoms with Crippen LogP contribution in [0.4, 0.5) is 0 Å². The number of allylic oxidation sites excluding steroid dienone is 1. The van der Waals surface area contributed by atoms with Gasteiger partial charge in [0, 0.05) is 20.6 Å². The number of methoxy groups -OCH3 is 1. The molecule has 0 unspecified atom stereocenters. The fraction of sp³-hybridized carbons (Fsp3) is 0.450. The molecule has 7 heteroatoms. The summed E-state index contributed by atoms with van der Waals surface area (Å²) in [6.07, 6.45) is 3.96. The van der Waals surface area contributed by atoms with Gasteiger partial charge in [-0.1, -0.05) is 18.2 Å². The molecule has 146 valence electrons. The topological polar surface area (TPSA) is 67.6 Å². The van der Waals surface area contributed by atoms with E-state index in [1.54, 1.807) is 7.11 Å². The van der Waals surface area contributed by atoms with Crippen LogP contribution in [-0.2, 0) is 20.1 Å². The van der Waals surface area contributed by atoms with Gasteiger partial charge in [0.05, 0.1) is 20.2 Å². The summed E-state index contributed by atoms with van der Waals surface area (Å²) in [4.78, 5) is 6.92. The lowest BCUT2D eigenvalue weighted by Crippen LogP contribution is -2.39. The Hall–Kier alpha value is -2.83. The van der Waals surface area contributed by atoms with E-state index < -0.39 is 0 Å². The molecule has 0 atom stereocenters. The molecule has 0 saturated carbocycles. The zero-order valence-electron chi connectivity index (χ0n) is 16.8. The third kappa shape index (κ3) is 6.13. The largest absolute Gasteiger partial charge is 0.497 e. The lowest BCUT2D eigenvalue weighted by molar-refractivity contribution is 0.414. The number of hydrogen-bond donors (Lipinski definition) is 1. The first-order valence-corrected chi connectivity index (χ1v) is 9.13. The van der Waals surface area contributed by atoms with Gasteiger partial charge in [0.2, 0.25) is 0 Å². The lowest BCUT2D eigenvalue weighted by Gasteiger charge is -2.22. The number of aromatic nitrogens is 3. The van der Waals surface area contributed by atoms with Crippen LogP contribution in [0, 0.1) is 6.92 Å². The van der Waals surface area contributed by atoms with Crippen molar-refractivity contribution in [3.63, 3.8) is 0 Å². The molecule has 27 heavy (non-hydrogen) atoms. The zero-order valence-corrected chi connectivity index (χ0v) is 16.8. The van der Waals surface area contributed by atoms with Gasteiger partial charge in [-0.25, -0.2) is 4.99 Å². The van der Waals surface area contributed by atoms with Gasteiger partial charge in [-0.15, -0.1) is 16.8 Å². The van der Waals surface area contributed by atoms with Crippen molar-refractivity contribution in [1.82, 2.24) is 25.0 Å². The molecule has 0 aliphatic rings. The fourth-order valence-corrected chi connectivity index (χ4v) is 2.55. The zero-order chi connectivity index (χ0) is 19.6. The Morgan fingerprint density at radius 1 is 1.33 bits per heavy atom. The average Bonchev–Trinajstić information content (AvgIpc) is 3.00. The van der Waals surface area contributed by atoms with Crippen molar-refractivity contribution in [2.24, 2.45) is 12.0 Å². The van der Waals surface area contributed by atoms with E-state index in [1.165, 1.54) is 0 Å². The molecule has 0 fully saturated rings. The minimum Gasteiger partial charge on any atom is -0.497 e. The van der Waals surface area contributed by atoms with Crippen molar-refractivity contribution in [2.75, 3.05) is 20.7 Å². The Kier molecular flexibility index (Phi) is 7.85. The van der Waals surface area contributed by atoms with Crippen LogP contribution in [0.2, 0.25) is 0 Å². The third-order valence-corrected chi connectivity index (χ3v) is 4.42. The standard InChI is InChI=1S/C20H30N6O/c1-6-7-8-13-25(3)20(22-15-19-24-23-16(2)26(19)4)21-14-17-9-11-18(27-5)12-10-17/h6,9-12H,1,7-8,13-15H2,2-5H3,(H,21,22). The predicted octanol–water partition coefficient (Wildman–Crippen LogP) is 2.68. The van der Waals surface area contributed by atoms with Gasteiger partial charge in [-0.2, -0.15) is 0 Å². The van der Waals surface area contributed by atoms with Crippen LogP contribution in [-0.4, -0.2) is 46.3 Å². The molecule has 1 heterocycles. The summed E-state index contributed by atoms with van der Waals surface area (Å²) in [6.45, 7) is 7.80. The first-order valence-electron chi connectivity index (χ1n) is 9.13. The number of hydrogen-bond acceptors (Lipinski definition) is 4. The van der Waals surface area contributed by atoms with Crippen LogP contribution in [0.5, 0.6) is 5.75 Å². The van der Waals surface area contributed by atoms with Crippen molar-refractivity contribution >= 4 is 5.96 Å². The highest BCUT2D eigenvalue weighted by Gasteiger charge is 2.10. The molecule has 0 spiro atoms. The lowest BCUT2D eigenvalue weighted by atomic mass is 10.2. The van der Waals surface area contributed by atoms with Gasteiger partial charge in [0.25, 0.3) is 0 Å². The number of aryl methyl sites for hydroxylation is 1. The maximum absolute atomic E-state index is 5.21. The number of benzene rings is 1. The Bertz CT molecular complexity index is 750. The Morgan fingerprint density at radius 3 is 2.67 bits per heavy atom. The summed E-state index contributed by atoms with van der Waals surface area (Å²) in [5.74, 6) is 3.46. The maximum Gasteiger partial charge on any atom is 0.194 e. The van der Waals surface area contributed by atoms with Crippen molar-refractivity contribution in [3.8, 4) is 5.75 Å². The summed E-state index contributed by atoms with van der Waals surface area (Å²) < 4.78 is 7.19. The highest BCUT2D eigenvalue weighted by molar-refractivity contribution is 5.79. The first-order chi connectivity index (χ1) is 13.0. The van der Waals surface area contributed by atoms with Gasteiger partial charge < -0.3 is 19.5 Å². The van der Waals surface area contributed by atoms with E-state index in [-0.39, 0.29) is 0 Å². The minimum atomic E-state index is 0.574. The number of unbranched alkanes of at least 4 members (excludes halogenated alkanes) is 1. The average molecular weight is 371 g/mol. The molecule has 0 aliphatic carbocycles. The van der Waals surface area contributed by atoms with E-state index in [4.69, 9.17) is 9.73 Å². The number of rotatable bonds is 9. The van der Waals surface area contributed by atoms with E-state index in [1.807, 2.05) is 55.9 Å². The van der Waals surface area contributed by atoms with Crippen molar-refractivity contribution in [3.05, 3.63) is 54.1 Å². The minimum absolute atomic E-state index is 0.574. The van der Waals surface area contributed by atoms with Gasteiger partial charge in [0.15, 0.2) is 11.8 Å². The van der Waals surface area contributed by atoms with Gasteiger partial charge in [0.1, 0.15) is 11.6 Å². The predicted molar refractivity (Wildman–Crippen MR) is 109 cm³/mol. The molecule has 1 aromatic carbocycles. The van der Waals surface area contributed by atoms with Crippen molar-refractivity contribution in [2.45, 2.75) is 32.9 Å². The molecule has 7 nitrogen and oxygen atoms in total. The van der Waals surface area contributed by atoms with Crippen molar-refractivity contribution < 1.29 is 4.74 Å². The number of nitrogens with zero attached hydrogens (tertiary/aromatic N) is 5. The quantitative estimate of drug-likeness (QED) is 0.318. The number of nitrogens with one attached hydrogen (secondary N) is 1. The van der Waals surface area contributed by atoms with Crippen LogP contribution in [0.15, 0.2) is 41.9 Å². The number of ether oxygens (including phenoxy) is 1. The molecular weight excluding hydrogens is 340 g/mol. The molecule has 1 aromatic heterocycles. The molecule has 0 aliphatic heterocycles. The number of aliphatic imine (C=N–C) groups is 1. The molecule has 2 aromatic rings. The second-order valence-corrected chi connectivity index (χ2v) is 6.42. The summed E-state index contributed by atoms with van der Waals surface area (Å²) >= 11 is 0. The van der Waals surface area contributed by atoms with E-state index >= 15 is 0 Å². The molecule has 0 radical (unpaired) electrons. The normalized spacial score (nSPS) is 11.3. The van der Waals surface area contributed by atoms with Crippen LogP contribution >= 0.6 is 0 Å². The first kappa shape index (κ1) is 20.5. The number of guanidine groups is 1. The maximum atomic E-state index is 5.21. The SMILES string of the molecule is C=CCCCN(C)C(=NCc1ccc(OC)cc1)NCc1nnc(C)n1C. The van der Waals surface area contributed by atoms with Crippen LogP contribution < -0.4 is 10.1 Å². The van der Waals surface area contributed by atoms with Gasteiger partial charge in [-0.3, -0.25) is 0 Å². The smallest absolute Gasteiger partial charge is 0.194 e. The Labute approximate surface area is 161 Å². The second-order valence-electron chi connectivity index (χ2n) is 6.42. The van der Waals surface area contributed by atoms with Crippen LogP contribution in [0.1, 0.15) is 30.1 Å². The third-order valence-electron chi connectivity index (χ3n) is 4.42. The van der Waals surface area contributed by atoms with Gasteiger partial charge in [-0.05, 0) is 37.5 Å². The van der Waals surface area contributed by atoms with Crippen LogP contribution in [0.25, 0.3) is 0 Å². The molecule has 2 rings (SSSR count). The molecule has 0 saturated heterocycles. The van der Waals surface area contributed by atoms with Crippen LogP contribution in [0.3, 0.4) is 0 Å². The molecule has 1 N–H and O–H groups in total. The van der Waals surface area contributed by atoms with E-state index in [9.17, 15) is 0 Å². The highest BCUT2D eigenvalue weighted by atomic mass is 16.5. The summed E-state index contributed by atoms with van der Waals surface area (Å²) in [5, 5.41) is 11.7. The highest BCUT2D eigenvalue weighted by Crippen LogP contribution is 2.12. The van der Waals surface area contributed by atoms with E-state index in [0.717, 1.165) is 48.3 Å². The molecular formula is C20H30N6O. The molecule has 0 amide bonds. The van der Waals surface area contributed by atoms with Crippen molar-refractivity contribution in [1.29, 1.82) is 0 Å². The fourth-order valence-electron chi connectivity index (χ4n) is 2.55. The summed E-state index contributed by atoms with van der Waals surface area (Å²) in [5.41, 5.74) is 1.13. The second kappa shape index (κ2) is 10.4. The Morgan fingerprint density at radius 2 is 2.07 bits per heavy atom. The van der Waals surface area contributed by atoms with Gasteiger partial charge >= 0.3 is 0 Å².